The van der Waals surface area contributed by atoms with Crippen molar-refractivity contribution >= 4 is 33.4 Å². The summed E-state index contributed by atoms with van der Waals surface area (Å²) in [6.07, 6.45) is 3.37. The molecule has 116 valence electrons. The van der Waals surface area contributed by atoms with Gasteiger partial charge in [0.05, 0.1) is 16.2 Å². The summed E-state index contributed by atoms with van der Waals surface area (Å²) in [4.78, 5) is 12.2. The third kappa shape index (κ3) is 4.44. The lowest BCUT2D eigenvalue weighted by Crippen LogP contribution is -2.46. The molecular formula is C16H21BrClNO2. The summed E-state index contributed by atoms with van der Waals surface area (Å²) >= 11 is 9.37. The first-order chi connectivity index (χ1) is 9.71. The normalized spacial score (nSPS) is 20.0. The van der Waals surface area contributed by atoms with E-state index in [0.717, 1.165) is 17.3 Å². The van der Waals surface area contributed by atoms with Crippen molar-refractivity contribution in [1.29, 1.82) is 0 Å². The van der Waals surface area contributed by atoms with Crippen LogP contribution in [0.15, 0.2) is 22.7 Å². The minimum atomic E-state index is -0.799. The average molecular weight is 375 g/mol. The van der Waals surface area contributed by atoms with Gasteiger partial charge in [0, 0.05) is 11.0 Å². The maximum absolute atomic E-state index is 12.2. The lowest BCUT2D eigenvalue weighted by Gasteiger charge is -2.40. The Hall–Kier alpha value is -0.580. The van der Waals surface area contributed by atoms with Crippen molar-refractivity contribution in [3.8, 4) is 0 Å². The van der Waals surface area contributed by atoms with E-state index in [9.17, 15) is 9.90 Å². The van der Waals surface area contributed by atoms with Gasteiger partial charge in [0.2, 0.25) is 0 Å². The van der Waals surface area contributed by atoms with Crippen LogP contribution in [0.5, 0.6) is 0 Å². The van der Waals surface area contributed by atoms with E-state index < -0.39 is 5.60 Å². The quantitative estimate of drug-likeness (QED) is 0.834. The van der Waals surface area contributed by atoms with Gasteiger partial charge in [0.15, 0.2) is 0 Å². The lowest BCUT2D eigenvalue weighted by molar-refractivity contribution is -0.0233. The molecule has 0 radical (unpaired) electrons. The van der Waals surface area contributed by atoms with Gasteiger partial charge in [-0.05, 0) is 49.3 Å². The molecule has 5 heteroatoms. The summed E-state index contributed by atoms with van der Waals surface area (Å²) in [6, 6.07) is 5.14. The Morgan fingerprint density at radius 3 is 2.52 bits per heavy atom. The summed E-state index contributed by atoms with van der Waals surface area (Å²) in [5.41, 5.74) is -0.0854. The first-order valence-electron chi connectivity index (χ1n) is 7.17. The van der Waals surface area contributed by atoms with Crippen molar-refractivity contribution in [3.05, 3.63) is 33.3 Å². The number of amides is 1. The smallest absolute Gasteiger partial charge is 0.252 e. The molecule has 1 aromatic carbocycles. The van der Waals surface area contributed by atoms with Crippen LogP contribution in [0.2, 0.25) is 5.02 Å². The molecule has 0 bridgehead atoms. The molecule has 1 aliphatic rings. The summed E-state index contributed by atoms with van der Waals surface area (Å²) in [5, 5.41) is 13.8. The number of carbonyl (C=O) groups excluding carboxylic acids is 1. The number of rotatable bonds is 3. The van der Waals surface area contributed by atoms with Crippen molar-refractivity contribution in [2.75, 3.05) is 6.54 Å². The van der Waals surface area contributed by atoms with Crippen LogP contribution in [0.3, 0.4) is 0 Å². The number of benzene rings is 1. The molecule has 0 heterocycles. The molecule has 0 atom stereocenters. The molecule has 3 nitrogen and oxygen atoms in total. The van der Waals surface area contributed by atoms with Crippen LogP contribution in [-0.4, -0.2) is 23.2 Å². The maximum Gasteiger partial charge on any atom is 0.252 e. The number of hydrogen-bond donors (Lipinski definition) is 2. The second-order valence-electron chi connectivity index (χ2n) is 6.70. The van der Waals surface area contributed by atoms with Crippen LogP contribution in [-0.2, 0) is 0 Å². The number of hydrogen-bond acceptors (Lipinski definition) is 2. The summed E-state index contributed by atoms with van der Waals surface area (Å²) in [5.74, 6) is -0.245. The van der Waals surface area contributed by atoms with Crippen LogP contribution < -0.4 is 5.32 Å². The monoisotopic (exact) mass is 373 g/mol. The van der Waals surface area contributed by atoms with Gasteiger partial charge < -0.3 is 10.4 Å². The average Bonchev–Trinajstić information content (AvgIpc) is 2.40. The molecule has 1 saturated carbocycles. The fourth-order valence-electron chi connectivity index (χ4n) is 2.58. The molecule has 1 aliphatic carbocycles. The molecule has 0 aromatic heterocycles. The fourth-order valence-corrected chi connectivity index (χ4v) is 3.34. The van der Waals surface area contributed by atoms with Crippen molar-refractivity contribution in [2.45, 2.75) is 45.1 Å². The van der Waals surface area contributed by atoms with Crippen molar-refractivity contribution < 1.29 is 9.90 Å². The van der Waals surface area contributed by atoms with Crippen molar-refractivity contribution in [3.63, 3.8) is 0 Å². The number of carbonyl (C=O) groups is 1. The highest BCUT2D eigenvalue weighted by atomic mass is 79.9. The molecule has 0 spiro atoms. The summed E-state index contributed by atoms with van der Waals surface area (Å²) in [6.45, 7) is 4.70. The zero-order valence-corrected chi connectivity index (χ0v) is 14.7. The van der Waals surface area contributed by atoms with Gasteiger partial charge in [-0.1, -0.05) is 41.4 Å². The molecule has 0 unspecified atom stereocenters. The Morgan fingerprint density at radius 2 is 1.95 bits per heavy atom. The maximum atomic E-state index is 12.2. The van der Waals surface area contributed by atoms with E-state index in [-0.39, 0.29) is 17.9 Å². The predicted octanol–water partition coefficient (Wildman–Crippen LogP) is 4.16. The number of aliphatic hydroxyl groups is 1. The SMILES string of the molecule is CC1(C)CCC(O)(CNC(=O)c2ccc(Br)cc2Cl)CC1. The van der Waals surface area contributed by atoms with Crippen LogP contribution >= 0.6 is 27.5 Å². The van der Waals surface area contributed by atoms with Gasteiger partial charge >= 0.3 is 0 Å². The Kier molecular flexibility index (Phi) is 5.01. The molecule has 21 heavy (non-hydrogen) atoms. The van der Waals surface area contributed by atoms with Crippen LogP contribution in [0.4, 0.5) is 0 Å². The largest absolute Gasteiger partial charge is 0.388 e. The molecule has 1 fully saturated rings. The first kappa shape index (κ1) is 16.8. The minimum Gasteiger partial charge on any atom is -0.388 e. The zero-order chi connectivity index (χ0) is 15.7. The Bertz CT molecular complexity index is 535. The van der Waals surface area contributed by atoms with E-state index in [0.29, 0.717) is 23.4 Å². The van der Waals surface area contributed by atoms with Gasteiger partial charge in [-0.15, -0.1) is 0 Å². The van der Waals surface area contributed by atoms with Crippen LogP contribution in [0.25, 0.3) is 0 Å². The van der Waals surface area contributed by atoms with E-state index in [2.05, 4.69) is 35.1 Å². The zero-order valence-electron chi connectivity index (χ0n) is 12.4. The van der Waals surface area contributed by atoms with Gasteiger partial charge in [0.25, 0.3) is 5.91 Å². The van der Waals surface area contributed by atoms with Gasteiger partial charge in [-0.3, -0.25) is 4.79 Å². The topological polar surface area (TPSA) is 49.3 Å². The molecule has 0 saturated heterocycles. The summed E-state index contributed by atoms with van der Waals surface area (Å²) in [7, 11) is 0. The summed E-state index contributed by atoms with van der Waals surface area (Å²) < 4.78 is 0.831. The highest BCUT2D eigenvalue weighted by molar-refractivity contribution is 9.10. The lowest BCUT2D eigenvalue weighted by atomic mass is 9.71. The second-order valence-corrected chi connectivity index (χ2v) is 8.02. The second kappa shape index (κ2) is 6.27. The molecule has 1 amide bonds. The van der Waals surface area contributed by atoms with Crippen molar-refractivity contribution in [2.24, 2.45) is 5.41 Å². The van der Waals surface area contributed by atoms with E-state index in [4.69, 9.17) is 11.6 Å². The van der Waals surface area contributed by atoms with E-state index in [1.165, 1.54) is 0 Å². The van der Waals surface area contributed by atoms with Crippen LogP contribution in [0, 0.1) is 5.41 Å². The minimum absolute atomic E-state index is 0.245. The highest BCUT2D eigenvalue weighted by Gasteiger charge is 2.36. The fraction of sp³-hybridized carbons (Fsp3) is 0.562. The molecule has 0 aliphatic heterocycles. The van der Waals surface area contributed by atoms with E-state index in [1.54, 1.807) is 18.2 Å². The van der Waals surface area contributed by atoms with Gasteiger partial charge in [-0.25, -0.2) is 0 Å². The molecule has 1 aromatic rings. The molecule has 2 N–H and O–H groups in total. The Morgan fingerprint density at radius 1 is 1.33 bits per heavy atom. The Balaban J connectivity index is 1.95. The highest BCUT2D eigenvalue weighted by Crippen LogP contribution is 2.39. The van der Waals surface area contributed by atoms with Crippen LogP contribution in [0.1, 0.15) is 49.9 Å². The third-order valence-corrected chi connectivity index (χ3v) is 5.09. The van der Waals surface area contributed by atoms with Crippen molar-refractivity contribution in [1.82, 2.24) is 5.32 Å². The number of halogens is 2. The Labute approximate surface area is 139 Å². The van der Waals surface area contributed by atoms with Gasteiger partial charge in [-0.2, -0.15) is 0 Å². The number of nitrogens with one attached hydrogen (secondary N) is 1. The van der Waals surface area contributed by atoms with Gasteiger partial charge in [0.1, 0.15) is 0 Å². The molecule has 2 rings (SSSR count). The van der Waals surface area contributed by atoms with E-state index >= 15 is 0 Å². The standard InChI is InChI=1S/C16H21BrClNO2/c1-15(2)5-7-16(21,8-6-15)10-19-14(20)12-4-3-11(17)9-13(12)18/h3-4,9,21H,5-8,10H2,1-2H3,(H,19,20). The molecular weight excluding hydrogens is 354 g/mol. The van der Waals surface area contributed by atoms with E-state index in [1.807, 2.05) is 0 Å². The predicted molar refractivity (Wildman–Crippen MR) is 88.7 cm³/mol. The third-order valence-electron chi connectivity index (χ3n) is 4.29. The first-order valence-corrected chi connectivity index (χ1v) is 8.34.